The van der Waals surface area contributed by atoms with Crippen LogP contribution in [0.15, 0.2) is 47.4 Å². The molecule has 30 heavy (non-hydrogen) atoms. The number of hydrogen-bond acceptors (Lipinski definition) is 6. The Kier molecular flexibility index (Phi) is 8.13. The number of thioether (sulfide) groups is 1. The average Bonchev–Trinajstić information content (AvgIpc) is 3.16. The Hall–Kier alpha value is -2.09. The van der Waals surface area contributed by atoms with Crippen LogP contribution < -0.4 is 9.64 Å². The number of amides is 1. The minimum atomic E-state index is 0.124. The van der Waals surface area contributed by atoms with E-state index < -0.39 is 0 Å². The average molecular weight is 444 g/mol. The molecule has 0 aliphatic rings. The first kappa shape index (κ1) is 22.6. The summed E-state index contributed by atoms with van der Waals surface area (Å²) in [6, 6.07) is 14.4. The van der Waals surface area contributed by atoms with Crippen molar-refractivity contribution in [3.63, 3.8) is 0 Å². The van der Waals surface area contributed by atoms with Gasteiger partial charge in [-0.2, -0.15) is 0 Å². The van der Waals surface area contributed by atoms with Crippen molar-refractivity contribution in [3.8, 4) is 5.75 Å². The fourth-order valence-electron chi connectivity index (χ4n) is 3.00. The van der Waals surface area contributed by atoms with Gasteiger partial charge in [0.25, 0.3) is 0 Å². The van der Waals surface area contributed by atoms with Crippen LogP contribution in [0.3, 0.4) is 0 Å². The molecule has 0 atom stereocenters. The number of fused-ring (bicyclic) bond motifs is 1. The van der Waals surface area contributed by atoms with Crippen LogP contribution in [0.2, 0.25) is 0 Å². The zero-order chi connectivity index (χ0) is 21.5. The van der Waals surface area contributed by atoms with Gasteiger partial charge in [-0.15, -0.1) is 11.8 Å². The minimum absolute atomic E-state index is 0.124. The number of nitrogens with zero attached hydrogens (tertiary/aromatic N) is 3. The molecule has 5 nitrogen and oxygen atoms in total. The number of thiazole rings is 1. The number of anilines is 1. The highest BCUT2D eigenvalue weighted by Crippen LogP contribution is 2.34. The summed E-state index contributed by atoms with van der Waals surface area (Å²) in [5.74, 6) is 1.79. The van der Waals surface area contributed by atoms with Crippen molar-refractivity contribution < 1.29 is 9.53 Å². The van der Waals surface area contributed by atoms with Crippen LogP contribution in [0.5, 0.6) is 5.75 Å². The lowest BCUT2D eigenvalue weighted by atomic mass is 10.2. The SMILES string of the molecule is COc1cccc2sc(N(CCN(C)C)C(=O)CCCSc3ccc(C)cc3)nc12. The predicted octanol–water partition coefficient (Wildman–Crippen LogP) is 5.08. The molecule has 0 fully saturated rings. The normalized spacial score (nSPS) is 11.2. The number of hydrogen-bond donors (Lipinski definition) is 0. The molecule has 0 aliphatic carbocycles. The Morgan fingerprint density at radius 2 is 1.90 bits per heavy atom. The molecule has 0 bridgehead atoms. The summed E-state index contributed by atoms with van der Waals surface area (Å²) < 4.78 is 6.47. The van der Waals surface area contributed by atoms with Gasteiger partial charge in [-0.3, -0.25) is 9.69 Å². The number of ether oxygens (including phenoxy) is 1. The van der Waals surface area contributed by atoms with E-state index >= 15 is 0 Å². The molecule has 0 saturated heterocycles. The molecule has 1 heterocycles. The van der Waals surface area contributed by atoms with Crippen molar-refractivity contribution in [2.24, 2.45) is 0 Å². The van der Waals surface area contributed by atoms with Gasteiger partial charge in [-0.1, -0.05) is 35.1 Å². The van der Waals surface area contributed by atoms with E-state index in [1.165, 1.54) is 10.5 Å². The van der Waals surface area contributed by atoms with E-state index in [0.29, 0.717) is 13.0 Å². The van der Waals surface area contributed by atoms with E-state index in [-0.39, 0.29) is 5.91 Å². The molecule has 0 unspecified atom stereocenters. The Balaban J connectivity index is 1.66. The number of para-hydroxylation sites is 1. The maximum Gasteiger partial charge on any atom is 0.228 e. The van der Waals surface area contributed by atoms with E-state index in [1.807, 2.05) is 37.2 Å². The Morgan fingerprint density at radius 3 is 2.60 bits per heavy atom. The van der Waals surface area contributed by atoms with Crippen LogP contribution in [-0.4, -0.2) is 55.8 Å². The van der Waals surface area contributed by atoms with Crippen LogP contribution in [0, 0.1) is 6.92 Å². The van der Waals surface area contributed by atoms with Crippen molar-refractivity contribution in [2.45, 2.75) is 24.7 Å². The molecular formula is C23H29N3O2S2. The summed E-state index contributed by atoms with van der Waals surface area (Å²) in [6.07, 6.45) is 1.35. The Bertz CT molecular complexity index is 970. The summed E-state index contributed by atoms with van der Waals surface area (Å²) in [7, 11) is 5.68. The fourth-order valence-corrected chi connectivity index (χ4v) is 4.88. The number of rotatable bonds is 10. The zero-order valence-electron chi connectivity index (χ0n) is 18.1. The maximum absolute atomic E-state index is 13.1. The number of aromatic nitrogens is 1. The lowest BCUT2D eigenvalue weighted by molar-refractivity contribution is -0.118. The summed E-state index contributed by atoms with van der Waals surface area (Å²) in [4.78, 5) is 23.0. The number of benzene rings is 2. The molecule has 3 aromatic rings. The summed E-state index contributed by atoms with van der Waals surface area (Å²) in [6.45, 7) is 3.50. The van der Waals surface area contributed by atoms with Gasteiger partial charge in [0.1, 0.15) is 11.3 Å². The molecule has 160 valence electrons. The van der Waals surface area contributed by atoms with Gasteiger partial charge >= 0.3 is 0 Å². The van der Waals surface area contributed by atoms with E-state index in [4.69, 9.17) is 9.72 Å². The molecule has 0 spiro atoms. The highest BCUT2D eigenvalue weighted by Gasteiger charge is 2.20. The van der Waals surface area contributed by atoms with E-state index in [0.717, 1.165) is 39.8 Å². The Labute approximate surface area is 187 Å². The van der Waals surface area contributed by atoms with Gasteiger partial charge in [-0.05, 0) is 57.5 Å². The van der Waals surface area contributed by atoms with Crippen molar-refractivity contribution >= 4 is 44.4 Å². The van der Waals surface area contributed by atoms with Crippen LogP contribution in [0.1, 0.15) is 18.4 Å². The standard InChI is InChI=1S/C23H29N3O2S2/c1-17-10-12-18(13-11-17)29-16-6-9-21(27)26(15-14-25(2)3)23-24-22-19(28-4)7-5-8-20(22)30-23/h5,7-8,10-13H,6,9,14-16H2,1-4H3. The molecule has 1 amide bonds. The number of likely N-dealkylation sites (N-methyl/N-ethyl adjacent to an activating group) is 1. The molecule has 0 N–H and O–H groups in total. The molecule has 0 saturated carbocycles. The van der Waals surface area contributed by atoms with Gasteiger partial charge in [0.05, 0.1) is 11.8 Å². The molecule has 7 heteroatoms. The van der Waals surface area contributed by atoms with E-state index in [2.05, 4.69) is 36.1 Å². The van der Waals surface area contributed by atoms with Gasteiger partial charge in [-0.25, -0.2) is 4.98 Å². The minimum Gasteiger partial charge on any atom is -0.494 e. The van der Waals surface area contributed by atoms with Crippen LogP contribution in [-0.2, 0) is 4.79 Å². The number of methoxy groups -OCH3 is 1. The second-order valence-electron chi connectivity index (χ2n) is 7.42. The molecule has 0 aliphatic heterocycles. The van der Waals surface area contributed by atoms with E-state index in [9.17, 15) is 4.79 Å². The topological polar surface area (TPSA) is 45.7 Å². The molecule has 3 rings (SSSR count). The second kappa shape index (κ2) is 10.8. The predicted molar refractivity (Wildman–Crippen MR) is 128 cm³/mol. The number of carbonyl (C=O) groups is 1. The van der Waals surface area contributed by atoms with Crippen molar-refractivity contribution in [1.82, 2.24) is 9.88 Å². The van der Waals surface area contributed by atoms with Crippen LogP contribution in [0.25, 0.3) is 10.2 Å². The fraction of sp³-hybridized carbons (Fsp3) is 0.391. The lowest BCUT2D eigenvalue weighted by Crippen LogP contribution is -2.36. The summed E-state index contributed by atoms with van der Waals surface area (Å²) in [5.41, 5.74) is 2.08. The second-order valence-corrected chi connectivity index (χ2v) is 9.59. The maximum atomic E-state index is 13.1. The number of aryl methyl sites for hydroxylation is 1. The first-order chi connectivity index (χ1) is 14.5. The lowest BCUT2D eigenvalue weighted by Gasteiger charge is -2.22. The first-order valence-corrected chi connectivity index (χ1v) is 11.9. The van der Waals surface area contributed by atoms with Crippen molar-refractivity contribution in [2.75, 3.05) is 44.9 Å². The van der Waals surface area contributed by atoms with Gasteiger partial charge in [0.15, 0.2) is 5.13 Å². The largest absolute Gasteiger partial charge is 0.494 e. The zero-order valence-corrected chi connectivity index (χ0v) is 19.7. The third-order valence-electron chi connectivity index (χ3n) is 4.72. The highest BCUT2D eigenvalue weighted by molar-refractivity contribution is 7.99. The monoisotopic (exact) mass is 443 g/mol. The molecule has 2 aromatic carbocycles. The quantitative estimate of drug-likeness (QED) is 0.323. The van der Waals surface area contributed by atoms with Crippen molar-refractivity contribution in [3.05, 3.63) is 48.0 Å². The summed E-state index contributed by atoms with van der Waals surface area (Å²) >= 11 is 3.34. The Morgan fingerprint density at radius 1 is 1.13 bits per heavy atom. The van der Waals surface area contributed by atoms with Crippen molar-refractivity contribution in [1.29, 1.82) is 0 Å². The molecule has 1 aromatic heterocycles. The third-order valence-corrected chi connectivity index (χ3v) is 6.86. The van der Waals surface area contributed by atoms with Gasteiger partial charge < -0.3 is 9.64 Å². The van der Waals surface area contributed by atoms with Crippen LogP contribution in [0.4, 0.5) is 5.13 Å². The smallest absolute Gasteiger partial charge is 0.228 e. The van der Waals surface area contributed by atoms with Gasteiger partial charge in [0.2, 0.25) is 5.91 Å². The van der Waals surface area contributed by atoms with Crippen LogP contribution >= 0.6 is 23.1 Å². The molecular weight excluding hydrogens is 414 g/mol. The highest BCUT2D eigenvalue weighted by atomic mass is 32.2. The van der Waals surface area contributed by atoms with E-state index in [1.54, 1.807) is 30.2 Å². The third kappa shape index (κ3) is 5.97. The first-order valence-electron chi connectivity index (χ1n) is 10.1. The van der Waals surface area contributed by atoms with Gasteiger partial charge in [0, 0.05) is 24.4 Å². The number of carbonyl (C=O) groups excluding carboxylic acids is 1. The molecule has 0 radical (unpaired) electrons. The summed E-state index contributed by atoms with van der Waals surface area (Å²) in [5, 5.41) is 0.743.